The predicted octanol–water partition coefficient (Wildman–Crippen LogP) is 12.3. The van der Waals surface area contributed by atoms with Gasteiger partial charge in [-0.05, 0) is 97.4 Å². The Kier molecular flexibility index (Phi) is 19.1. The molecule has 5 amide bonds. The highest BCUT2D eigenvalue weighted by molar-refractivity contribution is 6.00. The van der Waals surface area contributed by atoms with E-state index in [1.54, 1.807) is 53.3 Å². The van der Waals surface area contributed by atoms with Gasteiger partial charge in [-0.3, -0.25) is 25.0 Å². The number of amides is 5. The number of pyridine rings is 2. The molecule has 0 spiro atoms. The molecule has 0 unspecified atom stereocenters. The van der Waals surface area contributed by atoms with Gasteiger partial charge in [0.1, 0.15) is 40.9 Å². The number of carbonyl (C=O) groups is 3. The monoisotopic (exact) mass is 1100 g/mol. The Morgan fingerprint density at radius 1 is 0.675 bits per heavy atom. The zero-order valence-electron chi connectivity index (χ0n) is 44.3. The van der Waals surface area contributed by atoms with Gasteiger partial charge in [0.25, 0.3) is 5.91 Å². The molecule has 1 saturated heterocycles. The second kappa shape index (κ2) is 26.1. The lowest BCUT2D eigenvalue weighted by Crippen LogP contribution is -2.45. The van der Waals surface area contributed by atoms with Gasteiger partial charge in [-0.25, -0.2) is 28.6 Å². The number of fused-ring (bicyclic) bond motifs is 1. The molecule has 0 bridgehead atoms. The minimum Gasteiger partial charge on any atom is -0.457 e. The molecule has 1 aliphatic rings. The number of rotatable bonds is 14. The van der Waals surface area contributed by atoms with E-state index in [9.17, 15) is 31.9 Å². The average Bonchev–Trinajstić information content (AvgIpc) is 3.88. The summed E-state index contributed by atoms with van der Waals surface area (Å²) in [5, 5.41) is 18.6. The van der Waals surface area contributed by atoms with Crippen molar-refractivity contribution in [2.45, 2.75) is 66.6 Å². The Balaban J connectivity index is 0.000000229. The summed E-state index contributed by atoms with van der Waals surface area (Å²) in [5.74, 6) is 0.747. The first-order chi connectivity index (χ1) is 37.8. The molecule has 0 radical (unpaired) electrons. The third kappa shape index (κ3) is 15.6. The van der Waals surface area contributed by atoms with Crippen molar-refractivity contribution in [1.82, 2.24) is 44.8 Å². The van der Waals surface area contributed by atoms with Crippen LogP contribution in [0.2, 0.25) is 0 Å². The van der Waals surface area contributed by atoms with Gasteiger partial charge in [0.15, 0.2) is 0 Å². The Bertz CT molecular complexity index is 3430. The molecule has 1 aliphatic heterocycles. The van der Waals surface area contributed by atoms with Gasteiger partial charge < -0.3 is 35.6 Å². The zero-order chi connectivity index (χ0) is 56.3. The van der Waals surface area contributed by atoms with Crippen molar-refractivity contribution >= 4 is 51.8 Å². The van der Waals surface area contributed by atoms with Gasteiger partial charge in [0.2, 0.25) is 5.88 Å². The van der Waals surface area contributed by atoms with Crippen LogP contribution >= 0.6 is 0 Å². The Morgan fingerprint density at radius 2 is 1.38 bits per heavy atom. The van der Waals surface area contributed by atoms with E-state index in [1.807, 2.05) is 62.9 Å². The molecular weight excluding hydrogens is 1030 g/mol. The van der Waals surface area contributed by atoms with Crippen molar-refractivity contribution in [3.05, 3.63) is 168 Å². The first-order valence-electron chi connectivity index (χ1n) is 25.3. The number of aromatic nitrogens is 6. The number of aryl methyl sites for hydroxylation is 1. The molecule has 22 heteroatoms. The van der Waals surface area contributed by atoms with Crippen LogP contribution in [0.3, 0.4) is 0 Å². The smallest absolute Gasteiger partial charge is 0.416 e. The number of benzene rings is 4. The number of urea groups is 2. The summed E-state index contributed by atoms with van der Waals surface area (Å²) < 4.78 is 69.5. The molecule has 1 fully saturated rings. The highest BCUT2D eigenvalue weighted by Gasteiger charge is 2.34. The highest BCUT2D eigenvalue weighted by atomic mass is 19.4. The highest BCUT2D eigenvalue weighted by Crippen LogP contribution is 2.35. The summed E-state index contributed by atoms with van der Waals surface area (Å²) in [6, 6.07) is 29.2. The van der Waals surface area contributed by atoms with Gasteiger partial charge in [-0.1, -0.05) is 54.2 Å². The number of nitrogens with zero attached hydrogens (tertiary/aromatic N) is 8. The Morgan fingerprint density at radius 3 is 2.08 bits per heavy atom. The maximum atomic E-state index is 14.9. The minimum absolute atomic E-state index is 0. The Hall–Kier alpha value is -9.02. The predicted molar refractivity (Wildman–Crippen MR) is 300 cm³/mol. The summed E-state index contributed by atoms with van der Waals surface area (Å²) in [6.07, 6.45) is 0.789. The van der Waals surface area contributed by atoms with Crippen LogP contribution in [0.25, 0.3) is 16.6 Å². The van der Waals surface area contributed by atoms with Gasteiger partial charge in [-0.2, -0.15) is 18.3 Å². The molecule has 18 nitrogen and oxygen atoms in total. The van der Waals surface area contributed by atoms with E-state index < -0.39 is 29.6 Å². The number of nitrogens with one attached hydrogen (secondary N) is 5. The number of anilines is 4. The van der Waals surface area contributed by atoms with Crippen LogP contribution in [0.15, 0.2) is 134 Å². The molecule has 0 aliphatic carbocycles. The lowest BCUT2D eigenvalue weighted by molar-refractivity contribution is -0.138. The summed E-state index contributed by atoms with van der Waals surface area (Å²) in [5.41, 5.74) is 2.98. The van der Waals surface area contributed by atoms with Crippen LogP contribution in [0.1, 0.15) is 75.0 Å². The van der Waals surface area contributed by atoms with E-state index in [2.05, 4.69) is 58.3 Å². The fourth-order valence-electron chi connectivity index (χ4n) is 8.23. The molecule has 0 atom stereocenters. The van der Waals surface area contributed by atoms with Gasteiger partial charge in [-0.15, -0.1) is 0 Å². The second-order valence-electron chi connectivity index (χ2n) is 19.2. The maximum Gasteiger partial charge on any atom is 0.416 e. The van der Waals surface area contributed by atoms with Crippen molar-refractivity contribution in [2.24, 2.45) is 0 Å². The zero-order valence-corrected chi connectivity index (χ0v) is 44.3. The third-order valence-corrected chi connectivity index (χ3v) is 12.5. The van der Waals surface area contributed by atoms with Crippen molar-refractivity contribution < 1.29 is 41.4 Å². The molecule has 80 heavy (non-hydrogen) atoms. The summed E-state index contributed by atoms with van der Waals surface area (Å²) in [4.78, 5) is 58.1. The van der Waals surface area contributed by atoms with Crippen molar-refractivity contribution in [3.8, 4) is 28.8 Å². The lowest BCUT2D eigenvalue weighted by Gasteiger charge is -2.34. The number of piperazine rings is 1. The average molecular weight is 1100 g/mol. The first kappa shape index (κ1) is 58.7. The van der Waals surface area contributed by atoms with E-state index in [-0.39, 0.29) is 53.7 Å². The fourth-order valence-corrected chi connectivity index (χ4v) is 8.23. The second-order valence-corrected chi connectivity index (χ2v) is 19.2. The molecular formula is C58H63F4N13O5. The summed E-state index contributed by atoms with van der Waals surface area (Å²) in [6.45, 7) is 14.4. The number of ether oxygens (including phenoxy) is 2. The number of alkyl halides is 3. The number of carbonyl (C=O) groups excluding carboxylic acids is 3. The molecule has 5 heterocycles. The van der Waals surface area contributed by atoms with Gasteiger partial charge in [0, 0.05) is 104 Å². The maximum absolute atomic E-state index is 14.9. The van der Waals surface area contributed by atoms with E-state index in [4.69, 9.17) is 14.6 Å². The molecule has 4 aromatic carbocycles. The molecule has 4 aromatic heterocycles. The lowest BCUT2D eigenvalue weighted by atomic mass is 9.92. The quantitative estimate of drug-likeness (QED) is 0.0645. The summed E-state index contributed by atoms with van der Waals surface area (Å²) in [7, 11) is 1.49. The molecule has 9 rings (SSSR count). The Labute approximate surface area is 461 Å². The normalized spacial score (nSPS) is 12.8. The van der Waals surface area contributed by atoms with E-state index in [1.165, 1.54) is 49.9 Å². The van der Waals surface area contributed by atoms with Crippen LogP contribution < -0.4 is 36.1 Å². The van der Waals surface area contributed by atoms with Crippen molar-refractivity contribution in [3.63, 3.8) is 0 Å². The SMILES string of the molecule is C.CCc1cc(Oc2ccc(NC(=O)Nc3ccc(CN4CCN(CC)CC4)c(C(F)(F)F)c3)cc2)ncn1.CNC(=O)c1cc(Oc2ccc(NC(=O)Nc3cc(C(C)(C)C)nn3-c3ccc4ncccc4c3)c(F)c2)ccn1. The molecule has 8 aromatic rings. The molecule has 0 saturated carbocycles. The topological polar surface area (TPSA) is 206 Å². The minimum atomic E-state index is -4.54. The fraction of sp³-hybridized carbons (Fsp3) is 0.276. The van der Waals surface area contributed by atoms with Crippen LogP contribution in [-0.4, -0.2) is 97.3 Å². The van der Waals surface area contributed by atoms with Gasteiger partial charge in [0.05, 0.1) is 28.1 Å². The largest absolute Gasteiger partial charge is 0.457 e. The molecule has 418 valence electrons. The van der Waals surface area contributed by atoms with Crippen LogP contribution in [0.4, 0.5) is 50.0 Å². The van der Waals surface area contributed by atoms with E-state index in [0.717, 1.165) is 79.3 Å². The standard InChI is InChI=1S/C30H28FN7O3.C27H31F3N6O2.CH4/c1-30(2,3)26-17-27(38(37-26)19-7-9-23-18(14-19)6-5-12-33-23)36-29(40)35-24-10-8-20(15-22(24)31)41-21-11-13-34-25(16-21)28(39)32-4;1-3-20-16-25(32-18-31-20)38-23-9-7-21(8-10-23)33-26(37)34-22-6-5-19(24(15-22)27(28,29)30)17-36-13-11-35(4-2)12-14-36;/h5-17H,1-4H3,(H,32,39)(H2,35,36,40);5-10,15-16,18H,3-4,11-14,17H2,1-2H3,(H2,33,34,37);1H4. The van der Waals surface area contributed by atoms with E-state index >= 15 is 0 Å². The van der Waals surface area contributed by atoms with Crippen molar-refractivity contribution in [1.29, 1.82) is 0 Å². The first-order valence-corrected chi connectivity index (χ1v) is 25.3. The van der Waals surface area contributed by atoms with Crippen LogP contribution in [-0.2, 0) is 24.6 Å². The van der Waals surface area contributed by atoms with E-state index in [0.29, 0.717) is 28.9 Å². The van der Waals surface area contributed by atoms with Gasteiger partial charge >= 0.3 is 18.2 Å². The summed E-state index contributed by atoms with van der Waals surface area (Å²) >= 11 is 0. The number of hydrogen-bond donors (Lipinski definition) is 5. The number of hydrogen-bond acceptors (Lipinski definition) is 12. The number of likely N-dealkylation sites (N-methyl/N-ethyl adjacent to an activating group) is 1. The number of halogens is 4. The van der Waals surface area contributed by atoms with Crippen LogP contribution in [0, 0.1) is 5.82 Å². The van der Waals surface area contributed by atoms with Crippen molar-refractivity contribution in [2.75, 3.05) is 61.0 Å². The third-order valence-electron chi connectivity index (χ3n) is 12.5. The van der Waals surface area contributed by atoms with Crippen LogP contribution in [0.5, 0.6) is 23.1 Å². The molecule has 5 N–H and O–H groups in total.